The van der Waals surface area contributed by atoms with Gasteiger partial charge < -0.3 is 10.1 Å². The number of amides is 1. The van der Waals surface area contributed by atoms with Gasteiger partial charge in [0.2, 0.25) is 5.78 Å². The van der Waals surface area contributed by atoms with Crippen molar-refractivity contribution in [2.24, 2.45) is 50.7 Å². The standard InChI is InChI=1S/C49H74N2O6S/c1-12-13-40-47(10)21-19-37(34-14-16-35(17-15-34)43(54)57-44(4,5)6)45(7,8)39(47)20-22-48(40,11)46(9)24-25-49(23-18-36(33(2)3)38(49)32-46)41(52)42(53)50-26-27-51-28-30-58(55,56)31-29-51/h14-17,19,36,38-40H,2,12-13,18,20-32H2,1,3-11H3,(H,50,53)/t36-,38-,39-,40+,46+,47-,48+,49-/m0/s1. The number of allylic oxidation sites excluding steroid dienone is 3. The fourth-order valence-electron chi connectivity index (χ4n) is 13.5. The van der Waals surface area contributed by atoms with Crippen LogP contribution < -0.4 is 5.32 Å². The fourth-order valence-corrected chi connectivity index (χ4v) is 14.7. The molecule has 4 aliphatic carbocycles. The van der Waals surface area contributed by atoms with Crippen LogP contribution in [-0.4, -0.2) is 74.3 Å². The van der Waals surface area contributed by atoms with Gasteiger partial charge in [-0.3, -0.25) is 14.5 Å². The largest absolute Gasteiger partial charge is 0.456 e. The normalized spacial score (nSPS) is 35.9. The van der Waals surface area contributed by atoms with Crippen LogP contribution in [-0.2, 0) is 24.2 Å². The summed E-state index contributed by atoms with van der Waals surface area (Å²) >= 11 is 0. The highest BCUT2D eigenvalue weighted by atomic mass is 32.2. The number of rotatable bonds is 11. The van der Waals surface area contributed by atoms with Crippen molar-refractivity contribution in [2.45, 2.75) is 139 Å². The molecule has 1 aromatic carbocycles. The van der Waals surface area contributed by atoms with Gasteiger partial charge in [0.25, 0.3) is 5.91 Å². The van der Waals surface area contributed by atoms with Crippen LogP contribution in [0.2, 0.25) is 0 Å². The summed E-state index contributed by atoms with van der Waals surface area (Å²) in [7, 11) is -2.98. The van der Waals surface area contributed by atoms with E-state index in [1.54, 1.807) is 0 Å². The third-order valence-electron chi connectivity index (χ3n) is 16.7. The van der Waals surface area contributed by atoms with Gasteiger partial charge in [0.1, 0.15) is 5.60 Å². The van der Waals surface area contributed by atoms with Crippen LogP contribution in [0.4, 0.5) is 0 Å². The third-order valence-corrected chi connectivity index (χ3v) is 18.4. The Bertz CT molecular complexity index is 1900. The number of hydrogen-bond acceptors (Lipinski definition) is 7. The lowest BCUT2D eigenvalue weighted by Gasteiger charge is -2.68. The first-order valence-corrected chi connectivity index (χ1v) is 24.2. The van der Waals surface area contributed by atoms with Crippen molar-refractivity contribution < 1.29 is 27.5 Å². The Labute approximate surface area is 350 Å². The molecular weight excluding hydrogens is 745 g/mol. The molecule has 58 heavy (non-hydrogen) atoms. The molecule has 9 heteroatoms. The lowest BCUT2D eigenvalue weighted by atomic mass is 9.36. The number of hydrogen-bond donors (Lipinski definition) is 1. The summed E-state index contributed by atoms with van der Waals surface area (Å²) in [4.78, 5) is 43.1. The number of nitrogens with zero attached hydrogens (tertiary/aromatic N) is 1. The molecule has 1 saturated heterocycles. The first kappa shape index (κ1) is 44.8. The van der Waals surface area contributed by atoms with Gasteiger partial charge in [-0.1, -0.05) is 78.3 Å². The number of carbonyl (C=O) groups is 3. The Hall–Kier alpha value is -2.78. The van der Waals surface area contributed by atoms with Gasteiger partial charge in [-0.2, -0.15) is 0 Å². The molecule has 322 valence electrons. The molecule has 4 fully saturated rings. The van der Waals surface area contributed by atoms with Crippen LogP contribution >= 0.6 is 0 Å². The molecule has 0 spiro atoms. The van der Waals surface area contributed by atoms with Gasteiger partial charge in [-0.05, 0) is 154 Å². The van der Waals surface area contributed by atoms with Crippen LogP contribution in [0.5, 0.6) is 0 Å². The lowest BCUT2D eigenvalue weighted by molar-refractivity contribution is -0.176. The van der Waals surface area contributed by atoms with Crippen LogP contribution in [0, 0.1) is 50.7 Å². The molecule has 8 atom stereocenters. The van der Waals surface area contributed by atoms with Crippen molar-refractivity contribution in [1.29, 1.82) is 0 Å². The predicted octanol–water partition coefficient (Wildman–Crippen LogP) is 9.49. The van der Waals surface area contributed by atoms with E-state index in [1.165, 1.54) is 11.1 Å². The number of ketones is 1. The van der Waals surface area contributed by atoms with Crippen molar-refractivity contribution in [2.75, 3.05) is 37.7 Å². The number of sulfone groups is 1. The summed E-state index contributed by atoms with van der Waals surface area (Å²) in [6.45, 7) is 29.0. The Balaban J connectivity index is 1.23. The minimum atomic E-state index is -2.98. The topological polar surface area (TPSA) is 110 Å². The molecule has 8 nitrogen and oxygen atoms in total. The number of Topliss-reactive ketones (excluding diaryl/α,β-unsaturated/α-hetero) is 1. The number of carbonyl (C=O) groups excluding carboxylic acids is 3. The van der Waals surface area contributed by atoms with E-state index in [4.69, 9.17) is 4.74 Å². The molecule has 1 aromatic rings. The van der Waals surface area contributed by atoms with E-state index in [1.807, 2.05) is 32.9 Å². The van der Waals surface area contributed by atoms with Gasteiger partial charge in [0.05, 0.1) is 17.1 Å². The molecule has 5 aliphatic rings. The fraction of sp³-hybridized carbons (Fsp3) is 0.735. The highest BCUT2D eigenvalue weighted by Crippen LogP contribution is 2.73. The van der Waals surface area contributed by atoms with Crippen molar-refractivity contribution in [3.8, 4) is 0 Å². The number of fused-ring (bicyclic) bond motifs is 2. The molecule has 6 rings (SSSR count). The van der Waals surface area contributed by atoms with Gasteiger partial charge in [-0.25, -0.2) is 13.2 Å². The Kier molecular flexibility index (Phi) is 12.3. The third kappa shape index (κ3) is 8.06. The zero-order valence-electron chi connectivity index (χ0n) is 37.5. The summed E-state index contributed by atoms with van der Waals surface area (Å²) in [6, 6.07) is 8.03. The number of esters is 1. The van der Waals surface area contributed by atoms with E-state index in [-0.39, 0.29) is 56.8 Å². The summed E-state index contributed by atoms with van der Waals surface area (Å²) in [5.41, 5.74) is 3.09. The van der Waals surface area contributed by atoms with E-state index >= 15 is 0 Å². The highest BCUT2D eigenvalue weighted by Gasteiger charge is 2.67. The second-order valence-electron chi connectivity index (χ2n) is 21.6. The lowest BCUT2D eigenvalue weighted by Crippen LogP contribution is -2.61. The molecule has 1 N–H and O–H groups in total. The molecule has 1 heterocycles. The Morgan fingerprint density at radius 1 is 0.948 bits per heavy atom. The minimum absolute atomic E-state index is 0.00991. The van der Waals surface area contributed by atoms with Crippen molar-refractivity contribution in [3.05, 3.63) is 53.6 Å². The Morgan fingerprint density at radius 3 is 2.21 bits per heavy atom. The molecule has 3 saturated carbocycles. The van der Waals surface area contributed by atoms with Crippen LogP contribution in [0.15, 0.2) is 42.5 Å². The van der Waals surface area contributed by atoms with Crippen LogP contribution in [0.25, 0.3) is 5.57 Å². The zero-order valence-corrected chi connectivity index (χ0v) is 38.3. The first-order valence-electron chi connectivity index (χ1n) is 22.4. The maximum absolute atomic E-state index is 14.5. The van der Waals surface area contributed by atoms with Crippen molar-refractivity contribution >= 4 is 33.1 Å². The van der Waals surface area contributed by atoms with Crippen molar-refractivity contribution in [1.82, 2.24) is 10.2 Å². The van der Waals surface area contributed by atoms with E-state index in [2.05, 4.69) is 83.5 Å². The van der Waals surface area contributed by atoms with E-state index < -0.39 is 26.8 Å². The maximum atomic E-state index is 14.5. The van der Waals surface area contributed by atoms with Crippen LogP contribution in [0.1, 0.15) is 149 Å². The quantitative estimate of drug-likeness (QED) is 0.135. The maximum Gasteiger partial charge on any atom is 0.338 e. The van der Waals surface area contributed by atoms with E-state index in [0.29, 0.717) is 43.6 Å². The SMILES string of the molecule is C=C(C)[C@@H]1CC[C@]2(C(=O)C(=O)NCCN3CCS(=O)(=O)CC3)CC[C@@](C)([C@]3(C)CC[C@H]4C(C)(C)C(c5ccc(C(=O)OC(C)(C)C)cc5)=CC[C@]4(C)[C@H]3CCC)C[C@@H]12. The van der Waals surface area contributed by atoms with Gasteiger partial charge >= 0.3 is 5.97 Å². The van der Waals surface area contributed by atoms with E-state index in [9.17, 15) is 22.8 Å². The first-order chi connectivity index (χ1) is 26.9. The molecule has 0 aromatic heterocycles. The Morgan fingerprint density at radius 2 is 1.60 bits per heavy atom. The number of benzene rings is 1. The average molecular weight is 819 g/mol. The zero-order chi connectivity index (χ0) is 42.7. The second kappa shape index (κ2) is 15.9. The monoisotopic (exact) mass is 819 g/mol. The molecule has 0 radical (unpaired) electrons. The summed E-state index contributed by atoms with van der Waals surface area (Å²) < 4.78 is 29.4. The average Bonchev–Trinajstić information content (AvgIpc) is 3.52. The summed E-state index contributed by atoms with van der Waals surface area (Å²) in [5, 5.41) is 2.96. The second-order valence-corrected chi connectivity index (χ2v) is 23.9. The minimum Gasteiger partial charge on any atom is -0.456 e. The molecular formula is C49H74N2O6S. The predicted molar refractivity (Wildman–Crippen MR) is 234 cm³/mol. The summed E-state index contributed by atoms with van der Waals surface area (Å²) in [5.74, 6) is 0.535. The molecule has 0 bridgehead atoms. The number of nitrogens with one attached hydrogen (secondary N) is 1. The summed E-state index contributed by atoms with van der Waals surface area (Å²) in [6.07, 6.45) is 12.3. The van der Waals surface area contributed by atoms with Crippen LogP contribution in [0.3, 0.4) is 0 Å². The molecule has 0 unspecified atom stereocenters. The van der Waals surface area contributed by atoms with Crippen molar-refractivity contribution in [3.63, 3.8) is 0 Å². The highest BCUT2D eigenvalue weighted by molar-refractivity contribution is 7.91. The molecule has 1 aliphatic heterocycles. The molecule has 1 amide bonds. The number of ether oxygens (including phenoxy) is 1. The van der Waals surface area contributed by atoms with Gasteiger partial charge in [0, 0.05) is 31.6 Å². The smallest absolute Gasteiger partial charge is 0.338 e. The van der Waals surface area contributed by atoms with Gasteiger partial charge in [-0.15, -0.1) is 0 Å². The van der Waals surface area contributed by atoms with E-state index in [0.717, 1.165) is 69.8 Å². The van der Waals surface area contributed by atoms with Gasteiger partial charge in [0.15, 0.2) is 9.84 Å².